The molecular weight excluding hydrogens is 366 g/mol. The van der Waals surface area contributed by atoms with Crippen molar-refractivity contribution in [3.63, 3.8) is 0 Å². The second-order valence-corrected chi connectivity index (χ2v) is 6.38. The van der Waals surface area contributed by atoms with Gasteiger partial charge >= 0.3 is 5.97 Å². The highest BCUT2D eigenvalue weighted by Crippen LogP contribution is 2.48. The standard InChI is InChI=1S/C20H23NO7/c1-24-13-8-10(9-14(25-2)18(13)26-3)15-16-11(22)6-5-7-12(16)28-19(21)17(15)20(23)27-4/h8-9,15H,5-7,21H2,1-4H3/t15-/m1/s1. The fourth-order valence-corrected chi connectivity index (χ4v) is 3.67. The molecule has 1 heterocycles. The molecule has 150 valence electrons. The number of allylic oxidation sites excluding steroid dienone is 2. The van der Waals surface area contributed by atoms with E-state index in [1.165, 1.54) is 28.4 Å². The number of methoxy groups -OCH3 is 4. The van der Waals surface area contributed by atoms with Crippen LogP contribution >= 0.6 is 0 Å². The van der Waals surface area contributed by atoms with Crippen LogP contribution in [0.25, 0.3) is 0 Å². The quantitative estimate of drug-likeness (QED) is 0.764. The van der Waals surface area contributed by atoms with Gasteiger partial charge in [-0.05, 0) is 24.1 Å². The molecule has 0 saturated carbocycles. The lowest BCUT2D eigenvalue weighted by molar-refractivity contribution is -0.136. The normalized spacial score (nSPS) is 19.0. The van der Waals surface area contributed by atoms with Gasteiger partial charge in [0.2, 0.25) is 11.6 Å². The molecular formula is C20H23NO7. The maximum absolute atomic E-state index is 12.8. The van der Waals surface area contributed by atoms with Crippen LogP contribution in [0.4, 0.5) is 0 Å². The first-order valence-electron chi connectivity index (χ1n) is 8.78. The molecule has 1 aliphatic carbocycles. The molecule has 2 N–H and O–H groups in total. The second kappa shape index (κ2) is 7.84. The molecule has 0 amide bonds. The number of carbonyl (C=O) groups excluding carboxylic acids is 2. The minimum atomic E-state index is -0.752. The molecule has 0 unspecified atom stereocenters. The van der Waals surface area contributed by atoms with E-state index in [0.717, 1.165) is 0 Å². The fraction of sp³-hybridized carbons (Fsp3) is 0.400. The van der Waals surface area contributed by atoms with Crippen LogP contribution in [-0.4, -0.2) is 40.2 Å². The Morgan fingerprint density at radius 2 is 1.71 bits per heavy atom. The summed E-state index contributed by atoms with van der Waals surface area (Å²) in [6.07, 6.45) is 1.61. The van der Waals surface area contributed by atoms with E-state index in [4.69, 9.17) is 29.4 Å². The van der Waals surface area contributed by atoms with Gasteiger partial charge < -0.3 is 29.4 Å². The number of hydrogen-bond acceptors (Lipinski definition) is 8. The van der Waals surface area contributed by atoms with Gasteiger partial charge in [-0.2, -0.15) is 0 Å². The van der Waals surface area contributed by atoms with Gasteiger partial charge in [-0.1, -0.05) is 0 Å². The first-order chi connectivity index (χ1) is 13.5. The molecule has 0 bridgehead atoms. The summed E-state index contributed by atoms with van der Waals surface area (Å²) in [6, 6.07) is 3.39. The SMILES string of the molecule is COC(=O)C1=C(N)OC2=C(C(=O)CCC2)[C@H]1c1cc(OC)c(OC)c(OC)c1. The van der Waals surface area contributed by atoms with E-state index >= 15 is 0 Å². The summed E-state index contributed by atoms with van der Waals surface area (Å²) in [5.74, 6) is 0.113. The summed E-state index contributed by atoms with van der Waals surface area (Å²) in [5, 5.41) is 0. The summed E-state index contributed by atoms with van der Waals surface area (Å²) in [7, 11) is 5.73. The molecule has 0 radical (unpaired) electrons. The van der Waals surface area contributed by atoms with Crippen molar-refractivity contribution in [1.82, 2.24) is 0 Å². The molecule has 1 atom stereocenters. The molecule has 0 spiro atoms. The molecule has 0 aromatic heterocycles. The van der Waals surface area contributed by atoms with Gasteiger partial charge in [0.25, 0.3) is 0 Å². The number of esters is 1. The van der Waals surface area contributed by atoms with Crippen molar-refractivity contribution < 1.29 is 33.3 Å². The summed E-state index contributed by atoms with van der Waals surface area (Å²) in [6.45, 7) is 0. The van der Waals surface area contributed by atoms with Crippen LogP contribution in [0.15, 0.2) is 34.9 Å². The number of nitrogens with two attached hydrogens (primary N) is 1. The van der Waals surface area contributed by atoms with Crippen molar-refractivity contribution in [2.24, 2.45) is 5.73 Å². The predicted octanol–water partition coefficient (Wildman–Crippen LogP) is 2.18. The monoisotopic (exact) mass is 389 g/mol. The summed E-state index contributed by atoms with van der Waals surface area (Å²) < 4.78 is 26.7. The molecule has 0 saturated heterocycles. The van der Waals surface area contributed by atoms with Crippen LogP contribution in [0.1, 0.15) is 30.7 Å². The predicted molar refractivity (Wildman–Crippen MR) is 99.0 cm³/mol. The number of ether oxygens (including phenoxy) is 5. The van der Waals surface area contributed by atoms with E-state index in [2.05, 4.69) is 0 Å². The zero-order valence-corrected chi connectivity index (χ0v) is 16.3. The van der Waals surface area contributed by atoms with Gasteiger partial charge in [0.15, 0.2) is 17.3 Å². The van der Waals surface area contributed by atoms with Gasteiger partial charge in [-0.25, -0.2) is 4.79 Å². The van der Waals surface area contributed by atoms with Crippen LogP contribution in [0.5, 0.6) is 17.2 Å². The number of benzene rings is 1. The van der Waals surface area contributed by atoms with Crippen LogP contribution in [0, 0.1) is 0 Å². The lowest BCUT2D eigenvalue weighted by Gasteiger charge is -2.32. The van der Waals surface area contributed by atoms with Crippen molar-refractivity contribution in [3.8, 4) is 17.2 Å². The molecule has 2 aliphatic rings. The largest absolute Gasteiger partial charge is 0.493 e. The molecule has 0 fully saturated rings. The zero-order chi connectivity index (χ0) is 20.4. The van der Waals surface area contributed by atoms with Crippen LogP contribution in [-0.2, 0) is 19.1 Å². The Hall–Kier alpha value is -3.16. The Morgan fingerprint density at radius 1 is 1.07 bits per heavy atom. The van der Waals surface area contributed by atoms with Crippen LogP contribution in [0.2, 0.25) is 0 Å². The third-order valence-electron chi connectivity index (χ3n) is 4.91. The maximum atomic E-state index is 12.8. The van der Waals surface area contributed by atoms with E-state index in [1.54, 1.807) is 12.1 Å². The summed E-state index contributed by atoms with van der Waals surface area (Å²) in [4.78, 5) is 25.3. The van der Waals surface area contributed by atoms with E-state index in [-0.39, 0.29) is 17.2 Å². The van der Waals surface area contributed by atoms with Gasteiger partial charge in [0, 0.05) is 18.4 Å². The Kier molecular flexibility index (Phi) is 5.48. The molecule has 1 aromatic carbocycles. The molecule has 1 aromatic rings. The van der Waals surface area contributed by atoms with Gasteiger partial charge in [0.1, 0.15) is 11.3 Å². The Balaban J connectivity index is 2.27. The smallest absolute Gasteiger partial charge is 0.340 e. The van der Waals surface area contributed by atoms with Gasteiger partial charge in [0.05, 0.1) is 34.4 Å². The molecule has 8 heteroatoms. The highest BCUT2D eigenvalue weighted by Gasteiger charge is 2.41. The van der Waals surface area contributed by atoms with Crippen LogP contribution < -0.4 is 19.9 Å². The minimum absolute atomic E-state index is 0.0703. The average molecular weight is 389 g/mol. The maximum Gasteiger partial charge on any atom is 0.340 e. The van der Waals surface area contributed by atoms with Crippen molar-refractivity contribution in [2.45, 2.75) is 25.2 Å². The third-order valence-corrected chi connectivity index (χ3v) is 4.91. The average Bonchev–Trinajstić information content (AvgIpc) is 2.71. The van der Waals surface area contributed by atoms with Crippen molar-refractivity contribution in [2.75, 3.05) is 28.4 Å². The lowest BCUT2D eigenvalue weighted by Crippen LogP contribution is -2.31. The topological polar surface area (TPSA) is 106 Å². The van der Waals surface area contributed by atoms with Gasteiger partial charge in [-0.15, -0.1) is 0 Å². The molecule has 8 nitrogen and oxygen atoms in total. The zero-order valence-electron chi connectivity index (χ0n) is 16.3. The van der Waals surface area contributed by atoms with Crippen molar-refractivity contribution >= 4 is 11.8 Å². The number of Topliss-reactive ketones (excluding diaryl/α,β-unsaturated/α-hetero) is 1. The number of hydrogen-bond donors (Lipinski definition) is 1. The molecule has 1 aliphatic heterocycles. The van der Waals surface area contributed by atoms with Crippen molar-refractivity contribution in [3.05, 3.63) is 40.5 Å². The van der Waals surface area contributed by atoms with E-state index in [9.17, 15) is 9.59 Å². The minimum Gasteiger partial charge on any atom is -0.493 e. The number of ketones is 1. The van der Waals surface area contributed by atoms with E-state index < -0.39 is 11.9 Å². The fourth-order valence-electron chi connectivity index (χ4n) is 3.67. The third kappa shape index (κ3) is 3.15. The Morgan fingerprint density at radius 3 is 2.25 bits per heavy atom. The first kappa shape index (κ1) is 19.6. The van der Waals surface area contributed by atoms with E-state index in [0.29, 0.717) is 53.4 Å². The Labute approximate surface area is 162 Å². The van der Waals surface area contributed by atoms with Crippen molar-refractivity contribution in [1.29, 1.82) is 0 Å². The van der Waals surface area contributed by atoms with Gasteiger partial charge in [-0.3, -0.25) is 4.79 Å². The number of rotatable bonds is 5. The Bertz CT molecular complexity index is 860. The lowest BCUT2D eigenvalue weighted by atomic mass is 9.77. The number of carbonyl (C=O) groups is 2. The first-order valence-corrected chi connectivity index (χ1v) is 8.78. The van der Waals surface area contributed by atoms with E-state index in [1.807, 2.05) is 0 Å². The summed E-state index contributed by atoms with van der Waals surface area (Å²) in [5.41, 5.74) is 7.13. The molecule has 28 heavy (non-hydrogen) atoms. The second-order valence-electron chi connectivity index (χ2n) is 6.38. The summed E-state index contributed by atoms with van der Waals surface area (Å²) >= 11 is 0. The highest BCUT2D eigenvalue weighted by atomic mass is 16.5. The highest BCUT2D eigenvalue weighted by molar-refractivity contribution is 6.03. The van der Waals surface area contributed by atoms with Crippen LogP contribution in [0.3, 0.4) is 0 Å². The molecule has 3 rings (SSSR count).